The molecule has 1 aliphatic heterocycles. The number of nitrogens with two attached hydrogens (primary N) is 1. The fraction of sp³-hybridized carbons (Fsp3) is 0.381. The van der Waals surface area contributed by atoms with Crippen molar-refractivity contribution in [2.45, 2.75) is 32.2 Å². The number of anilines is 1. The summed E-state index contributed by atoms with van der Waals surface area (Å²) in [6.45, 7) is 4.59. The lowest BCUT2D eigenvalue weighted by Gasteiger charge is -2.37. The molecule has 1 aromatic carbocycles. The van der Waals surface area contributed by atoms with Crippen molar-refractivity contribution in [1.82, 2.24) is 9.88 Å². The maximum absolute atomic E-state index is 13.0. The SMILES string of the molecule is Cc1cccc(NC(=O)C2CCCN(C(=O)C(C)(N)c3ccccc3)C2)n1.Cl.Cl. The Bertz CT molecular complexity index is 830. The second-order valence-corrected chi connectivity index (χ2v) is 7.31. The van der Waals surface area contributed by atoms with Crippen LogP contribution in [0.25, 0.3) is 0 Å². The predicted octanol–water partition coefficient (Wildman–Crippen LogP) is 3.28. The van der Waals surface area contributed by atoms with Gasteiger partial charge < -0.3 is 16.0 Å². The summed E-state index contributed by atoms with van der Waals surface area (Å²) >= 11 is 0. The van der Waals surface area contributed by atoms with Crippen molar-refractivity contribution in [2.75, 3.05) is 18.4 Å². The molecular formula is C21H28Cl2N4O2. The molecule has 3 rings (SSSR count). The molecule has 158 valence electrons. The number of halogens is 2. The van der Waals surface area contributed by atoms with Gasteiger partial charge in [0, 0.05) is 18.8 Å². The highest BCUT2D eigenvalue weighted by Gasteiger charge is 2.37. The lowest BCUT2D eigenvalue weighted by Crippen LogP contribution is -2.54. The monoisotopic (exact) mass is 438 g/mol. The van der Waals surface area contributed by atoms with Crippen LogP contribution in [0.3, 0.4) is 0 Å². The van der Waals surface area contributed by atoms with Gasteiger partial charge in [-0.3, -0.25) is 9.59 Å². The number of aromatic nitrogens is 1. The molecule has 2 heterocycles. The van der Waals surface area contributed by atoms with E-state index in [1.807, 2.05) is 49.4 Å². The zero-order valence-corrected chi connectivity index (χ0v) is 18.3. The number of hydrogen-bond acceptors (Lipinski definition) is 4. The largest absolute Gasteiger partial charge is 0.340 e. The first-order chi connectivity index (χ1) is 12.9. The third-order valence-corrected chi connectivity index (χ3v) is 5.04. The molecule has 0 saturated carbocycles. The van der Waals surface area contributed by atoms with E-state index in [9.17, 15) is 9.59 Å². The third-order valence-electron chi connectivity index (χ3n) is 5.04. The number of amides is 2. The number of benzene rings is 1. The topological polar surface area (TPSA) is 88.3 Å². The Morgan fingerprint density at radius 2 is 1.83 bits per heavy atom. The molecule has 0 spiro atoms. The third kappa shape index (κ3) is 5.92. The Morgan fingerprint density at radius 1 is 1.14 bits per heavy atom. The molecule has 3 N–H and O–H groups in total. The van der Waals surface area contributed by atoms with Gasteiger partial charge in [-0.25, -0.2) is 4.98 Å². The van der Waals surface area contributed by atoms with Crippen LogP contribution in [0.2, 0.25) is 0 Å². The average molecular weight is 439 g/mol. The van der Waals surface area contributed by atoms with Crippen LogP contribution >= 0.6 is 24.8 Å². The van der Waals surface area contributed by atoms with E-state index in [0.29, 0.717) is 18.9 Å². The van der Waals surface area contributed by atoms with Gasteiger partial charge >= 0.3 is 0 Å². The number of nitrogens with one attached hydrogen (secondary N) is 1. The number of carbonyl (C=O) groups is 2. The Morgan fingerprint density at radius 3 is 2.48 bits per heavy atom. The van der Waals surface area contributed by atoms with Gasteiger partial charge in [-0.05, 0) is 44.4 Å². The number of nitrogens with zero attached hydrogens (tertiary/aromatic N) is 2. The molecular weight excluding hydrogens is 411 g/mol. The zero-order chi connectivity index (χ0) is 19.4. The number of carbonyl (C=O) groups excluding carboxylic acids is 2. The van der Waals surface area contributed by atoms with E-state index in [1.165, 1.54) is 0 Å². The van der Waals surface area contributed by atoms with E-state index in [1.54, 1.807) is 17.9 Å². The van der Waals surface area contributed by atoms with Gasteiger partial charge in [0.05, 0.1) is 5.92 Å². The molecule has 2 atom stereocenters. The molecule has 1 fully saturated rings. The van der Waals surface area contributed by atoms with Gasteiger partial charge in [-0.1, -0.05) is 36.4 Å². The summed E-state index contributed by atoms with van der Waals surface area (Å²) in [5.74, 6) is 0.0110. The van der Waals surface area contributed by atoms with Gasteiger partial charge in [0.1, 0.15) is 11.4 Å². The molecule has 29 heavy (non-hydrogen) atoms. The lowest BCUT2D eigenvalue weighted by atomic mass is 9.89. The minimum Gasteiger partial charge on any atom is -0.340 e. The summed E-state index contributed by atoms with van der Waals surface area (Å²) in [5.41, 5.74) is 6.87. The van der Waals surface area contributed by atoms with Crippen LogP contribution in [0.15, 0.2) is 48.5 Å². The fourth-order valence-electron chi connectivity index (χ4n) is 3.45. The summed E-state index contributed by atoms with van der Waals surface area (Å²) in [6.07, 6.45) is 1.52. The molecule has 0 aliphatic carbocycles. The number of pyridine rings is 1. The summed E-state index contributed by atoms with van der Waals surface area (Å²) in [4.78, 5) is 31.7. The number of aryl methyl sites for hydroxylation is 1. The van der Waals surface area contributed by atoms with Crippen molar-refractivity contribution in [3.8, 4) is 0 Å². The van der Waals surface area contributed by atoms with E-state index in [0.717, 1.165) is 24.1 Å². The first-order valence-electron chi connectivity index (χ1n) is 9.26. The molecule has 1 saturated heterocycles. The van der Waals surface area contributed by atoms with Gasteiger partial charge in [0.2, 0.25) is 11.8 Å². The van der Waals surface area contributed by atoms with E-state index in [2.05, 4.69) is 10.3 Å². The van der Waals surface area contributed by atoms with Gasteiger partial charge in [-0.2, -0.15) is 0 Å². The van der Waals surface area contributed by atoms with E-state index < -0.39 is 5.54 Å². The second kappa shape index (κ2) is 10.6. The first kappa shape index (κ1) is 24.9. The van der Waals surface area contributed by atoms with Gasteiger partial charge in [0.15, 0.2) is 0 Å². The summed E-state index contributed by atoms with van der Waals surface area (Å²) in [5, 5.41) is 2.86. The van der Waals surface area contributed by atoms with E-state index in [-0.39, 0.29) is 42.5 Å². The fourth-order valence-corrected chi connectivity index (χ4v) is 3.45. The minimum atomic E-state index is -1.11. The molecule has 0 bridgehead atoms. The molecule has 2 unspecified atom stereocenters. The lowest BCUT2D eigenvalue weighted by molar-refractivity contribution is -0.139. The smallest absolute Gasteiger partial charge is 0.246 e. The van der Waals surface area contributed by atoms with Crippen LogP contribution in [0.4, 0.5) is 5.82 Å². The van der Waals surface area contributed by atoms with Crippen LogP contribution in [0, 0.1) is 12.8 Å². The number of rotatable bonds is 4. The van der Waals surface area contributed by atoms with Crippen molar-refractivity contribution >= 4 is 42.4 Å². The van der Waals surface area contributed by atoms with Gasteiger partial charge in [-0.15, -0.1) is 24.8 Å². The molecule has 0 radical (unpaired) electrons. The zero-order valence-electron chi connectivity index (χ0n) is 16.6. The Hall–Kier alpha value is -2.15. The number of piperidine rings is 1. The second-order valence-electron chi connectivity index (χ2n) is 7.31. The summed E-state index contributed by atoms with van der Waals surface area (Å²) in [7, 11) is 0. The average Bonchev–Trinajstić information content (AvgIpc) is 2.68. The van der Waals surface area contributed by atoms with Crippen molar-refractivity contribution in [3.05, 3.63) is 59.8 Å². The Balaban J connectivity index is 0.00000210. The van der Waals surface area contributed by atoms with Crippen LogP contribution in [0.5, 0.6) is 0 Å². The van der Waals surface area contributed by atoms with E-state index in [4.69, 9.17) is 5.73 Å². The van der Waals surface area contributed by atoms with Crippen molar-refractivity contribution in [2.24, 2.45) is 11.7 Å². The molecule has 2 aromatic rings. The minimum absolute atomic E-state index is 0. The highest BCUT2D eigenvalue weighted by atomic mass is 35.5. The standard InChI is InChI=1S/C21H26N4O2.2ClH/c1-15-8-6-12-18(23-15)24-19(26)16-9-7-13-25(14-16)20(27)21(2,22)17-10-4-3-5-11-17;;/h3-6,8,10-12,16H,7,9,13-14,22H2,1-2H3,(H,23,24,26);2*1H. The first-order valence-corrected chi connectivity index (χ1v) is 9.26. The molecule has 6 nitrogen and oxygen atoms in total. The van der Waals surface area contributed by atoms with Gasteiger partial charge in [0.25, 0.3) is 0 Å². The molecule has 2 amide bonds. The van der Waals surface area contributed by atoms with Crippen molar-refractivity contribution in [3.63, 3.8) is 0 Å². The molecule has 1 aromatic heterocycles. The number of hydrogen-bond donors (Lipinski definition) is 2. The van der Waals surface area contributed by atoms with Crippen molar-refractivity contribution in [1.29, 1.82) is 0 Å². The highest BCUT2D eigenvalue weighted by Crippen LogP contribution is 2.25. The predicted molar refractivity (Wildman–Crippen MR) is 119 cm³/mol. The highest BCUT2D eigenvalue weighted by molar-refractivity contribution is 5.93. The maximum atomic E-state index is 13.0. The van der Waals surface area contributed by atoms with Crippen LogP contribution in [0.1, 0.15) is 31.0 Å². The van der Waals surface area contributed by atoms with E-state index >= 15 is 0 Å². The van der Waals surface area contributed by atoms with Crippen LogP contribution in [-0.4, -0.2) is 34.8 Å². The van der Waals surface area contributed by atoms with Crippen LogP contribution < -0.4 is 11.1 Å². The number of likely N-dealkylation sites (tertiary alicyclic amines) is 1. The van der Waals surface area contributed by atoms with Crippen molar-refractivity contribution < 1.29 is 9.59 Å². The molecule has 8 heteroatoms. The maximum Gasteiger partial charge on any atom is 0.246 e. The normalized spacial score (nSPS) is 17.9. The summed E-state index contributed by atoms with van der Waals surface area (Å²) in [6, 6.07) is 14.8. The Kier molecular flexibility index (Phi) is 9.08. The Labute approximate surface area is 184 Å². The summed E-state index contributed by atoms with van der Waals surface area (Å²) < 4.78 is 0. The molecule has 1 aliphatic rings. The quantitative estimate of drug-likeness (QED) is 0.766. The van der Waals surface area contributed by atoms with Crippen LogP contribution in [-0.2, 0) is 15.1 Å².